The first-order valence-corrected chi connectivity index (χ1v) is 6.72. The molecule has 1 rings (SSSR count). The zero-order valence-electron chi connectivity index (χ0n) is 10.8. The zero-order chi connectivity index (χ0) is 14.1. The summed E-state index contributed by atoms with van der Waals surface area (Å²) in [7, 11) is 1.57. The Morgan fingerprint density at radius 1 is 1.37 bits per heavy atom. The van der Waals surface area contributed by atoms with Crippen LogP contribution in [0.1, 0.15) is 12.1 Å². The van der Waals surface area contributed by atoms with Crippen molar-refractivity contribution < 1.29 is 14.3 Å². The van der Waals surface area contributed by atoms with E-state index in [4.69, 9.17) is 10.5 Å². The number of anilines is 1. The third kappa shape index (κ3) is 6.73. The van der Waals surface area contributed by atoms with E-state index in [9.17, 15) is 9.59 Å². The molecule has 0 bridgehead atoms. The van der Waals surface area contributed by atoms with Gasteiger partial charge >= 0.3 is 0 Å². The van der Waals surface area contributed by atoms with Gasteiger partial charge in [-0.2, -0.15) is 0 Å². The SMILES string of the molecule is COCCNC(=O)CCNC(=O)Cc1csc(N)n1. The van der Waals surface area contributed by atoms with Crippen LogP contribution in [0.3, 0.4) is 0 Å². The van der Waals surface area contributed by atoms with Crippen molar-refractivity contribution in [2.45, 2.75) is 12.8 Å². The molecule has 0 aliphatic rings. The second-order valence-electron chi connectivity index (χ2n) is 3.80. The lowest BCUT2D eigenvalue weighted by molar-refractivity contribution is -0.122. The van der Waals surface area contributed by atoms with E-state index < -0.39 is 0 Å². The van der Waals surface area contributed by atoms with Crippen LogP contribution in [0.2, 0.25) is 0 Å². The minimum atomic E-state index is -0.171. The standard InChI is InChI=1S/C11H18N4O3S/c1-18-5-4-14-9(16)2-3-13-10(17)6-8-7-19-11(12)15-8/h7H,2-6H2,1H3,(H2,12,15)(H,13,17)(H,14,16). The van der Waals surface area contributed by atoms with Crippen LogP contribution in [0.15, 0.2) is 5.38 Å². The fourth-order valence-corrected chi connectivity index (χ4v) is 1.89. The summed E-state index contributed by atoms with van der Waals surface area (Å²) in [6.45, 7) is 1.25. The van der Waals surface area contributed by atoms with Gasteiger partial charge < -0.3 is 21.1 Å². The van der Waals surface area contributed by atoms with E-state index in [0.717, 1.165) is 0 Å². The molecule has 1 aromatic rings. The Morgan fingerprint density at radius 2 is 2.11 bits per heavy atom. The van der Waals surface area contributed by atoms with Crippen LogP contribution in [0, 0.1) is 0 Å². The average molecular weight is 286 g/mol. The Balaban J connectivity index is 2.11. The summed E-state index contributed by atoms with van der Waals surface area (Å²) in [6, 6.07) is 0. The Morgan fingerprint density at radius 3 is 2.74 bits per heavy atom. The molecule has 8 heteroatoms. The molecule has 0 aliphatic heterocycles. The number of rotatable bonds is 8. The number of nitrogens with two attached hydrogens (primary N) is 1. The number of nitrogen functional groups attached to an aromatic ring is 1. The maximum Gasteiger partial charge on any atom is 0.226 e. The third-order valence-electron chi connectivity index (χ3n) is 2.21. The summed E-state index contributed by atoms with van der Waals surface area (Å²) in [5.74, 6) is -0.287. The highest BCUT2D eigenvalue weighted by atomic mass is 32.1. The molecular formula is C11H18N4O3S. The average Bonchev–Trinajstić information content (AvgIpc) is 2.75. The lowest BCUT2D eigenvalue weighted by atomic mass is 10.3. The van der Waals surface area contributed by atoms with Gasteiger partial charge in [0.15, 0.2) is 5.13 Å². The number of nitrogens with one attached hydrogen (secondary N) is 2. The summed E-state index contributed by atoms with van der Waals surface area (Å²) in [4.78, 5) is 26.8. The Kier molecular flexibility index (Phi) is 6.83. The summed E-state index contributed by atoms with van der Waals surface area (Å²) < 4.78 is 4.80. The number of methoxy groups -OCH3 is 1. The van der Waals surface area contributed by atoms with Crippen molar-refractivity contribution in [2.75, 3.05) is 32.5 Å². The molecule has 0 atom stereocenters. The number of carbonyl (C=O) groups excluding carboxylic acids is 2. The van der Waals surface area contributed by atoms with Crippen molar-refractivity contribution in [1.29, 1.82) is 0 Å². The van der Waals surface area contributed by atoms with E-state index in [0.29, 0.717) is 30.5 Å². The van der Waals surface area contributed by atoms with E-state index in [2.05, 4.69) is 15.6 Å². The lowest BCUT2D eigenvalue weighted by Crippen LogP contribution is -2.32. The number of carbonyl (C=O) groups is 2. The Hall–Kier alpha value is -1.67. The molecule has 0 unspecified atom stereocenters. The minimum absolute atomic E-state index is 0.116. The zero-order valence-corrected chi connectivity index (χ0v) is 11.6. The summed E-state index contributed by atoms with van der Waals surface area (Å²) in [6.07, 6.45) is 0.424. The van der Waals surface area contributed by atoms with Crippen molar-refractivity contribution in [3.63, 3.8) is 0 Å². The van der Waals surface area contributed by atoms with Crippen LogP contribution in [0.5, 0.6) is 0 Å². The molecular weight excluding hydrogens is 268 g/mol. The van der Waals surface area contributed by atoms with E-state index in [1.807, 2.05) is 0 Å². The number of thiazole rings is 1. The van der Waals surface area contributed by atoms with Gasteiger partial charge in [0, 0.05) is 32.0 Å². The van der Waals surface area contributed by atoms with Crippen LogP contribution < -0.4 is 16.4 Å². The van der Waals surface area contributed by atoms with Gasteiger partial charge in [0.05, 0.1) is 18.7 Å². The first-order valence-electron chi connectivity index (χ1n) is 5.84. The molecule has 4 N–H and O–H groups in total. The number of ether oxygens (including phenoxy) is 1. The van der Waals surface area contributed by atoms with Crippen molar-refractivity contribution >= 4 is 28.3 Å². The fraction of sp³-hybridized carbons (Fsp3) is 0.545. The predicted octanol–water partition coefficient (Wildman–Crippen LogP) is -0.463. The largest absolute Gasteiger partial charge is 0.383 e. The molecule has 0 aliphatic carbocycles. The number of nitrogens with zero attached hydrogens (tertiary/aromatic N) is 1. The van der Waals surface area contributed by atoms with Gasteiger partial charge in [-0.05, 0) is 0 Å². The molecule has 106 valence electrons. The molecule has 0 spiro atoms. The van der Waals surface area contributed by atoms with E-state index in [-0.39, 0.29) is 24.7 Å². The maximum absolute atomic E-state index is 11.5. The Bertz CT molecular complexity index is 422. The quantitative estimate of drug-likeness (QED) is 0.561. The van der Waals surface area contributed by atoms with Gasteiger partial charge in [-0.3, -0.25) is 9.59 Å². The van der Waals surface area contributed by atoms with Gasteiger partial charge in [0.1, 0.15) is 0 Å². The molecule has 0 saturated carbocycles. The molecule has 0 fully saturated rings. The second kappa shape index (κ2) is 8.44. The smallest absolute Gasteiger partial charge is 0.226 e. The molecule has 0 saturated heterocycles. The van der Waals surface area contributed by atoms with Gasteiger partial charge in [0.25, 0.3) is 0 Å². The molecule has 0 aromatic carbocycles. The highest BCUT2D eigenvalue weighted by Crippen LogP contribution is 2.11. The van der Waals surface area contributed by atoms with Crippen LogP contribution >= 0.6 is 11.3 Å². The van der Waals surface area contributed by atoms with Gasteiger partial charge in [0.2, 0.25) is 11.8 Å². The molecule has 2 amide bonds. The molecule has 0 radical (unpaired) electrons. The third-order valence-corrected chi connectivity index (χ3v) is 2.94. The summed E-state index contributed by atoms with van der Waals surface area (Å²) in [5, 5.41) is 7.51. The lowest BCUT2D eigenvalue weighted by Gasteiger charge is -2.05. The van der Waals surface area contributed by atoms with Crippen molar-refractivity contribution in [1.82, 2.24) is 15.6 Å². The normalized spacial score (nSPS) is 10.2. The molecule has 7 nitrogen and oxygen atoms in total. The van der Waals surface area contributed by atoms with Crippen molar-refractivity contribution in [3.05, 3.63) is 11.1 Å². The van der Waals surface area contributed by atoms with Crippen LogP contribution in [0.4, 0.5) is 5.13 Å². The topological polar surface area (TPSA) is 106 Å². The number of hydrogen-bond donors (Lipinski definition) is 3. The summed E-state index contributed by atoms with van der Waals surface area (Å²) in [5.41, 5.74) is 6.11. The monoisotopic (exact) mass is 286 g/mol. The Labute approximate surface area is 115 Å². The highest BCUT2D eigenvalue weighted by molar-refractivity contribution is 7.13. The predicted molar refractivity (Wildman–Crippen MR) is 72.7 cm³/mol. The maximum atomic E-state index is 11.5. The van der Waals surface area contributed by atoms with Crippen LogP contribution in [0.25, 0.3) is 0 Å². The van der Waals surface area contributed by atoms with Crippen molar-refractivity contribution in [2.24, 2.45) is 0 Å². The molecule has 1 heterocycles. The number of aromatic nitrogens is 1. The molecule has 1 aromatic heterocycles. The van der Waals surface area contributed by atoms with Gasteiger partial charge in [-0.25, -0.2) is 4.98 Å². The van der Waals surface area contributed by atoms with Gasteiger partial charge in [-0.15, -0.1) is 11.3 Å². The number of hydrogen-bond acceptors (Lipinski definition) is 6. The highest BCUT2D eigenvalue weighted by Gasteiger charge is 2.07. The van der Waals surface area contributed by atoms with E-state index in [1.165, 1.54) is 11.3 Å². The first-order chi connectivity index (χ1) is 9.11. The van der Waals surface area contributed by atoms with E-state index >= 15 is 0 Å². The molecule has 19 heavy (non-hydrogen) atoms. The first kappa shape index (κ1) is 15.4. The second-order valence-corrected chi connectivity index (χ2v) is 4.69. The van der Waals surface area contributed by atoms with Gasteiger partial charge in [-0.1, -0.05) is 0 Å². The van der Waals surface area contributed by atoms with Crippen LogP contribution in [-0.2, 0) is 20.7 Å². The minimum Gasteiger partial charge on any atom is -0.383 e. The van der Waals surface area contributed by atoms with Crippen molar-refractivity contribution in [3.8, 4) is 0 Å². The summed E-state index contributed by atoms with van der Waals surface area (Å²) >= 11 is 1.30. The fourth-order valence-electron chi connectivity index (χ4n) is 1.33. The van der Waals surface area contributed by atoms with E-state index in [1.54, 1.807) is 12.5 Å². The van der Waals surface area contributed by atoms with Crippen LogP contribution in [-0.4, -0.2) is 43.6 Å². The number of amides is 2.